The van der Waals surface area contributed by atoms with E-state index in [2.05, 4.69) is 20.9 Å². The summed E-state index contributed by atoms with van der Waals surface area (Å²) in [4.78, 5) is 18.0. The number of amides is 1. The van der Waals surface area contributed by atoms with Crippen LogP contribution in [0.2, 0.25) is 10.0 Å². The van der Waals surface area contributed by atoms with Gasteiger partial charge in [-0.2, -0.15) is 0 Å². The summed E-state index contributed by atoms with van der Waals surface area (Å²) < 4.78 is 0.527. The molecule has 0 N–H and O–H groups in total. The molecular formula is C14H11BrCl2N2O. The van der Waals surface area contributed by atoms with Crippen molar-refractivity contribution in [2.75, 3.05) is 7.05 Å². The zero-order valence-electron chi connectivity index (χ0n) is 10.6. The summed E-state index contributed by atoms with van der Waals surface area (Å²) in [6, 6.07) is 8.67. The number of nitrogens with zero attached hydrogens (tertiary/aromatic N) is 2. The van der Waals surface area contributed by atoms with Gasteiger partial charge in [0, 0.05) is 29.8 Å². The first-order chi connectivity index (χ1) is 9.49. The molecule has 2 aromatic rings. The third kappa shape index (κ3) is 3.51. The van der Waals surface area contributed by atoms with Crippen molar-refractivity contribution >= 4 is 45.0 Å². The molecular weight excluding hydrogens is 363 g/mol. The predicted molar refractivity (Wildman–Crippen MR) is 84.2 cm³/mol. The normalized spacial score (nSPS) is 10.4. The summed E-state index contributed by atoms with van der Waals surface area (Å²) in [6.45, 7) is 0.399. The van der Waals surface area contributed by atoms with Crippen LogP contribution in [-0.4, -0.2) is 22.8 Å². The fraction of sp³-hybridized carbons (Fsp3) is 0.143. The maximum Gasteiger partial charge on any atom is 0.256 e. The molecule has 3 nitrogen and oxygen atoms in total. The Labute approximate surface area is 135 Å². The standard InChI is InChI=1S/C14H11BrCl2N2O/c1-19(8-9-4-5-10(16)7-12(9)17)14(20)11-3-2-6-18-13(11)15/h2-7H,8H2,1H3. The zero-order valence-corrected chi connectivity index (χ0v) is 13.7. The van der Waals surface area contributed by atoms with Crippen LogP contribution in [-0.2, 0) is 6.54 Å². The third-order valence-electron chi connectivity index (χ3n) is 2.76. The molecule has 0 saturated heterocycles. The van der Waals surface area contributed by atoms with Crippen molar-refractivity contribution in [2.24, 2.45) is 0 Å². The van der Waals surface area contributed by atoms with Crippen molar-refractivity contribution in [1.29, 1.82) is 0 Å². The number of hydrogen-bond donors (Lipinski definition) is 0. The molecule has 0 aliphatic heterocycles. The maximum atomic E-state index is 12.3. The number of benzene rings is 1. The molecule has 0 spiro atoms. The first-order valence-electron chi connectivity index (χ1n) is 5.79. The molecule has 0 aliphatic rings. The lowest BCUT2D eigenvalue weighted by molar-refractivity contribution is 0.0783. The first-order valence-corrected chi connectivity index (χ1v) is 7.34. The highest BCUT2D eigenvalue weighted by molar-refractivity contribution is 9.10. The quantitative estimate of drug-likeness (QED) is 0.746. The molecule has 0 atom stereocenters. The smallest absolute Gasteiger partial charge is 0.256 e. The number of carbonyl (C=O) groups is 1. The summed E-state index contributed by atoms with van der Waals surface area (Å²) in [6.07, 6.45) is 1.62. The molecule has 1 aromatic carbocycles. The summed E-state index contributed by atoms with van der Waals surface area (Å²) in [5.41, 5.74) is 1.35. The average Bonchev–Trinajstić information content (AvgIpc) is 2.41. The number of carbonyl (C=O) groups excluding carboxylic acids is 1. The van der Waals surface area contributed by atoms with Gasteiger partial charge in [-0.25, -0.2) is 4.98 Å². The molecule has 0 aliphatic carbocycles. The number of aromatic nitrogens is 1. The van der Waals surface area contributed by atoms with Crippen LogP contribution in [0.4, 0.5) is 0 Å². The van der Waals surface area contributed by atoms with Gasteiger partial charge in [0.05, 0.1) is 5.56 Å². The molecule has 20 heavy (non-hydrogen) atoms. The SMILES string of the molecule is CN(Cc1ccc(Cl)cc1Cl)C(=O)c1cccnc1Br. The summed E-state index contributed by atoms with van der Waals surface area (Å²) in [5, 5.41) is 1.12. The lowest BCUT2D eigenvalue weighted by Gasteiger charge is -2.18. The Morgan fingerprint density at radius 3 is 2.75 bits per heavy atom. The van der Waals surface area contributed by atoms with E-state index in [-0.39, 0.29) is 5.91 Å². The molecule has 0 fully saturated rings. The zero-order chi connectivity index (χ0) is 14.7. The Morgan fingerprint density at radius 2 is 2.10 bits per heavy atom. The van der Waals surface area contributed by atoms with E-state index in [1.165, 1.54) is 0 Å². The molecule has 0 radical (unpaired) electrons. The van der Waals surface area contributed by atoms with Crippen molar-refractivity contribution in [3.05, 3.63) is 62.3 Å². The summed E-state index contributed by atoms with van der Waals surface area (Å²) in [7, 11) is 1.71. The van der Waals surface area contributed by atoms with E-state index in [1.807, 2.05) is 6.07 Å². The topological polar surface area (TPSA) is 33.2 Å². The largest absolute Gasteiger partial charge is 0.337 e. The second-order valence-corrected chi connectivity index (χ2v) is 5.83. The third-order valence-corrected chi connectivity index (χ3v) is 3.98. The predicted octanol–water partition coefficient (Wildman–Crippen LogP) is 4.42. The fourth-order valence-electron chi connectivity index (χ4n) is 1.73. The van der Waals surface area contributed by atoms with Crippen LogP contribution in [0.15, 0.2) is 41.1 Å². The van der Waals surface area contributed by atoms with Crippen LogP contribution >= 0.6 is 39.1 Å². The van der Waals surface area contributed by atoms with Crippen molar-refractivity contribution in [3.63, 3.8) is 0 Å². The minimum atomic E-state index is -0.129. The Bertz CT molecular complexity index is 649. The lowest BCUT2D eigenvalue weighted by atomic mass is 10.2. The van der Waals surface area contributed by atoms with Crippen LogP contribution in [0.1, 0.15) is 15.9 Å². The molecule has 1 amide bonds. The van der Waals surface area contributed by atoms with Crippen LogP contribution in [0.3, 0.4) is 0 Å². The van der Waals surface area contributed by atoms with E-state index in [4.69, 9.17) is 23.2 Å². The van der Waals surface area contributed by atoms with Gasteiger partial charge >= 0.3 is 0 Å². The van der Waals surface area contributed by atoms with Crippen LogP contribution in [0.25, 0.3) is 0 Å². The van der Waals surface area contributed by atoms with Crippen molar-refractivity contribution < 1.29 is 4.79 Å². The van der Waals surface area contributed by atoms with E-state index in [0.717, 1.165) is 5.56 Å². The second kappa shape index (κ2) is 6.57. The number of rotatable bonds is 3. The Kier molecular flexibility index (Phi) is 5.02. The van der Waals surface area contributed by atoms with E-state index in [0.29, 0.717) is 26.8 Å². The number of halogens is 3. The maximum absolute atomic E-state index is 12.3. The molecule has 0 saturated carbocycles. The molecule has 6 heteroatoms. The first kappa shape index (κ1) is 15.3. The van der Waals surface area contributed by atoms with Crippen molar-refractivity contribution in [1.82, 2.24) is 9.88 Å². The highest BCUT2D eigenvalue weighted by Crippen LogP contribution is 2.23. The van der Waals surface area contributed by atoms with Gasteiger partial charge in [0.1, 0.15) is 4.60 Å². The van der Waals surface area contributed by atoms with Gasteiger partial charge in [0.2, 0.25) is 0 Å². The van der Waals surface area contributed by atoms with E-state index in [9.17, 15) is 4.79 Å². The highest BCUT2D eigenvalue weighted by atomic mass is 79.9. The van der Waals surface area contributed by atoms with E-state index >= 15 is 0 Å². The molecule has 1 aromatic heterocycles. The van der Waals surface area contributed by atoms with E-state index in [1.54, 1.807) is 42.4 Å². The minimum Gasteiger partial charge on any atom is -0.337 e. The van der Waals surface area contributed by atoms with Gasteiger partial charge in [-0.05, 0) is 45.8 Å². The fourth-order valence-corrected chi connectivity index (χ4v) is 2.62. The van der Waals surface area contributed by atoms with Gasteiger partial charge in [-0.1, -0.05) is 29.3 Å². The molecule has 1 heterocycles. The summed E-state index contributed by atoms with van der Waals surface area (Å²) in [5.74, 6) is -0.129. The molecule has 2 rings (SSSR count). The summed E-state index contributed by atoms with van der Waals surface area (Å²) >= 11 is 15.2. The van der Waals surface area contributed by atoms with Gasteiger partial charge in [-0.3, -0.25) is 4.79 Å². The Morgan fingerprint density at radius 1 is 1.35 bits per heavy atom. The Balaban J connectivity index is 2.18. The van der Waals surface area contributed by atoms with Crippen molar-refractivity contribution in [3.8, 4) is 0 Å². The van der Waals surface area contributed by atoms with Gasteiger partial charge < -0.3 is 4.90 Å². The Hall–Kier alpha value is -1.10. The van der Waals surface area contributed by atoms with Gasteiger partial charge in [-0.15, -0.1) is 0 Å². The lowest BCUT2D eigenvalue weighted by Crippen LogP contribution is -2.26. The van der Waals surface area contributed by atoms with Gasteiger partial charge in [0.25, 0.3) is 5.91 Å². The van der Waals surface area contributed by atoms with Gasteiger partial charge in [0.15, 0.2) is 0 Å². The molecule has 0 bridgehead atoms. The number of pyridine rings is 1. The van der Waals surface area contributed by atoms with Crippen molar-refractivity contribution in [2.45, 2.75) is 6.54 Å². The van der Waals surface area contributed by atoms with E-state index < -0.39 is 0 Å². The molecule has 0 unspecified atom stereocenters. The minimum absolute atomic E-state index is 0.129. The highest BCUT2D eigenvalue weighted by Gasteiger charge is 2.16. The second-order valence-electron chi connectivity index (χ2n) is 4.24. The monoisotopic (exact) mass is 372 g/mol. The van der Waals surface area contributed by atoms with Crippen LogP contribution < -0.4 is 0 Å². The molecule has 104 valence electrons. The average molecular weight is 374 g/mol. The van der Waals surface area contributed by atoms with Crippen LogP contribution in [0.5, 0.6) is 0 Å². The number of hydrogen-bond acceptors (Lipinski definition) is 2. The van der Waals surface area contributed by atoms with Crippen LogP contribution in [0, 0.1) is 0 Å².